The van der Waals surface area contributed by atoms with E-state index in [1.165, 1.54) is 0 Å². The van der Waals surface area contributed by atoms with Crippen molar-refractivity contribution in [3.63, 3.8) is 0 Å². The molecule has 1 aliphatic rings. The summed E-state index contributed by atoms with van der Waals surface area (Å²) < 4.78 is 28.5. The molecule has 0 aromatic heterocycles. The normalized spacial score (nSPS) is 18.3. The van der Waals surface area contributed by atoms with Gasteiger partial charge in [0.1, 0.15) is 0 Å². The van der Waals surface area contributed by atoms with Gasteiger partial charge < -0.3 is 10.4 Å². The Labute approximate surface area is 169 Å². The molecule has 3 rings (SSSR count). The Bertz CT molecular complexity index is 863. The lowest BCUT2D eigenvalue weighted by atomic mass is 10.1. The van der Waals surface area contributed by atoms with Crippen LogP contribution in [0.4, 0.5) is 20.2 Å². The van der Waals surface area contributed by atoms with Crippen molar-refractivity contribution in [1.29, 1.82) is 0 Å². The number of aryl methyl sites for hydroxylation is 1. The fourth-order valence-corrected chi connectivity index (χ4v) is 3.40. The van der Waals surface area contributed by atoms with Gasteiger partial charge in [-0.2, -0.15) is 0 Å². The first-order chi connectivity index (χ1) is 12.9. The molecule has 5 nitrogen and oxygen atoms in total. The molecule has 0 heterocycles. The largest absolute Gasteiger partial charge is 0.396 e. The monoisotopic (exact) mass is 488 g/mol. The van der Waals surface area contributed by atoms with Crippen molar-refractivity contribution in [3.8, 4) is 0 Å². The number of hydrogen-bond acceptors (Lipinski definition) is 4. The number of carbonyl (C=O) groups is 1. The van der Waals surface area contributed by atoms with Gasteiger partial charge >= 0.3 is 0 Å². The Hall–Kier alpha value is -1.78. The number of hydroxylamine groups is 1. The van der Waals surface area contributed by atoms with Gasteiger partial charge in [0.2, 0.25) is 0 Å². The van der Waals surface area contributed by atoms with E-state index < -0.39 is 17.5 Å². The summed E-state index contributed by atoms with van der Waals surface area (Å²) in [6.45, 7) is 2.23. The SMILES string of the molecule is Cc1cc(I)ccc1Nc1cc(F)c(F)cc1C(=O)NOCC1CC1CO. The van der Waals surface area contributed by atoms with Gasteiger partial charge in [0.25, 0.3) is 5.91 Å². The first-order valence-electron chi connectivity index (χ1n) is 8.44. The van der Waals surface area contributed by atoms with Crippen LogP contribution in [-0.4, -0.2) is 24.2 Å². The van der Waals surface area contributed by atoms with Crippen molar-refractivity contribution < 1.29 is 23.5 Å². The number of carbonyl (C=O) groups excluding carboxylic acids is 1. The maximum Gasteiger partial charge on any atom is 0.277 e. The zero-order valence-electron chi connectivity index (χ0n) is 14.6. The minimum Gasteiger partial charge on any atom is -0.396 e. The molecule has 1 saturated carbocycles. The van der Waals surface area contributed by atoms with Crippen LogP contribution in [0.5, 0.6) is 0 Å². The van der Waals surface area contributed by atoms with Crippen LogP contribution in [0.1, 0.15) is 22.3 Å². The number of benzene rings is 2. The van der Waals surface area contributed by atoms with E-state index in [1.54, 1.807) is 6.07 Å². The number of aliphatic hydroxyl groups excluding tert-OH is 1. The number of halogens is 3. The molecule has 0 radical (unpaired) electrons. The molecule has 144 valence electrons. The second-order valence-electron chi connectivity index (χ2n) is 6.58. The van der Waals surface area contributed by atoms with Crippen LogP contribution in [0, 0.1) is 34.0 Å². The van der Waals surface area contributed by atoms with E-state index in [0.717, 1.165) is 27.7 Å². The topological polar surface area (TPSA) is 70.6 Å². The summed E-state index contributed by atoms with van der Waals surface area (Å²) in [6.07, 6.45) is 0.844. The highest BCUT2D eigenvalue weighted by Gasteiger charge is 2.36. The Morgan fingerprint density at radius 1 is 1.22 bits per heavy atom. The molecule has 1 aliphatic carbocycles. The Kier molecular flexibility index (Phi) is 6.28. The highest BCUT2D eigenvalue weighted by Crippen LogP contribution is 2.37. The molecule has 0 aliphatic heterocycles. The fourth-order valence-electron chi connectivity index (χ4n) is 2.76. The summed E-state index contributed by atoms with van der Waals surface area (Å²) in [6, 6.07) is 7.39. The third-order valence-corrected chi connectivity index (χ3v) is 5.20. The zero-order chi connectivity index (χ0) is 19.6. The van der Waals surface area contributed by atoms with Crippen LogP contribution < -0.4 is 10.8 Å². The van der Waals surface area contributed by atoms with Crippen LogP contribution in [0.15, 0.2) is 30.3 Å². The predicted octanol–water partition coefficient (Wildman–Crippen LogP) is 3.91. The van der Waals surface area contributed by atoms with Gasteiger partial charge in [-0.1, -0.05) is 0 Å². The molecule has 3 N–H and O–H groups in total. The molecule has 0 saturated heterocycles. The van der Waals surface area contributed by atoms with Gasteiger partial charge in [-0.05, 0) is 77.6 Å². The van der Waals surface area contributed by atoms with Crippen LogP contribution in [0.3, 0.4) is 0 Å². The number of aliphatic hydroxyl groups is 1. The van der Waals surface area contributed by atoms with Crippen molar-refractivity contribution in [3.05, 3.63) is 56.7 Å². The number of rotatable bonds is 7. The van der Waals surface area contributed by atoms with E-state index in [4.69, 9.17) is 9.94 Å². The van der Waals surface area contributed by atoms with Crippen molar-refractivity contribution in [1.82, 2.24) is 5.48 Å². The molecule has 8 heteroatoms. The van der Waals surface area contributed by atoms with E-state index in [1.807, 2.05) is 19.1 Å². The zero-order valence-corrected chi connectivity index (χ0v) is 16.7. The number of amides is 1. The van der Waals surface area contributed by atoms with Gasteiger partial charge in [0, 0.05) is 21.9 Å². The lowest BCUT2D eigenvalue weighted by molar-refractivity contribution is 0.0248. The highest BCUT2D eigenvalue weighted by molar-refractivity contribution is 14.1. The molecule has 0 bridgehead atoms. The number of nitrogens with one attached hydrogen (secondary N) is 2. The predicted molar refractivity (Wildman–Crippen MR) is 106 cm³/mol. The fraction of sp³-hybridized carbons (Fsp3) is 0.316. The van der Waals surface area contributed by atoms with E-state index >= 15 is 0 Å². The molecule has 1 fully saturated rings. The third kappa shape index (κ3) is 4.94. The molecular weight excluding hydrogens is 469 g/mol. The summed E-state index contributed by atoms with van der Waals surface area (Å²) in [5, 5.41) is 12.0. The molecule has 27 heavy (non-hydrogen) atoms. The van der Waals surface area contributed by atoms with Gasteiger partial charge in [0.05, 0.1) is 17.9 Å². The average molecular weight is 488 g/mol. The molecule has 0 spiro atoms. The second kappa shape index (κ2) is 8.49. The quantitative estimate of drug-likeness (QED) is 0.409. The van der Waals surface area contributed by atoms with Gasteiger partial charge in [-0.25, -0.2) is 14.3 Å². The molecule has 2 aromatic rings. The average Bonchev–Trinajstić information content (AvgIpc) is 3.38. The van der Waals surface area contributed by atoms with Crippen LogP contribution in [0.2, 0.25) is 0 Å². The van der Waals surface area contributed by atoms with Crippen molar-refractivity contribution >= 4 is 39.9 Å². The molecular formula is C19H19F2IN2O3. The first kappa shape index (κ1) is 20.0. The van der Waals surface area contributed by atoms with Gasteiger partial charge in [0.15, 0.2) is 11.6 Å². The van der Waals surface area contributed by atoms with Crippen molar-refractivity contribution in [2.24, 2.45) is 11.8 Å². The standard InChI is InChI=1S/C19H19F2IN2O3/c1-10-4-13(22)2-3-17(10)23-18-7-16(21)15(20)6-14(18)19(26)24-27-9-12-5-11(12)8-25/h2-4,6-7,11-12,23,25H,5,8-9H2,1H3,(H,24,26). The minimum absolute atomic E-state index is 0.0682. The van der Waals surface area contributed by atoms with Crippen molar-refractivity contribution in [2.75, 3.05) is 18.5 Å². The Morgan fingerprint density at radius 2 is 1.96 bits per heavy atom. The number of hydrogen-bond donors (Lipinski definition) is 3. The summed E-state index contributed by atoms with van der Waals surface area (Å²) in [4.78, 5) is 17.6. The number of anilines is 2. The second-order valence-corrected chi connectivity index (χ2v) is 7.82. The van der Waals surface area contributed by atoms with Crippen LogP contribution in [0.25, 0.3) is 0 Å². The minimum atomic E-state index is -1.12. The smallest absolute Gasteiger partial charge is 0.277 e. The summed E-state index contributed by atoms with van der Waals surface area (Å²) in [5.41, 5.74) is 3.91. The maximum atomic E-state index is 13.7. The summed E-state index contributed by atoms with van der Waals surface area (Å²) in [5.74, 6) is -2.45. The molecule has 2 atom stereocenters. The van der Waals surface area contributed by atoms with Crippen LogP contribution in [-0.2, 0) is 4.84 Å². The Balaban J connectivity index is 1.75. The highest BCUT2D eigenvalue weighted by atomic mass is 127. The lowest BCUT2D eigenvalue weighted by Gasteiger charge is -2.15. The first-order valence-corrected chi connectivity index (χ1v) is 9.52. The van der Waals surface area contributed by atoms with Gasteiger partial charge in [-0.15, -0.1) is 0 Å². The third-order valence-electron chi connectivity index (χ3n) is 4.53. The summed E-state index contributed by atoms with van der Waals surface area (Å²) in [7, 11) is 0. The van der Waals surface area contributed by atoms with E-state index in [-0.39, 0.29) is 36.3 Å². The Morgan fingerprint density at radius 3 is 2.63 bits per heavy atom. The van der Waals surface area contributed by atoms with E-state index in [0.29, 0.717) is 5.69 Å². The van der Waals surface area contributed by atoms with Crippen LogP contribution >= 0.6 is 22.6 Å². The summed E-state index contributed by atoms with van der Waals surface area (Å²) >= 11 is 2.18. The molecule has 1 amide bonds. The van der Waals surface area contributed by atoms with Crippen molar-refractivity contribution in [2.45, 2.75) is 13.3 Å². The van der Waals surface area contributed by atoms with E-state index in [2.05, 4.69) is 33.4 Å². The maximum absolute atomic E-state index is 13.7. The van der Waals surface area contributed by atoms with E-state index in [9.17, 15) is 13.6 Å². The van der Waals surface area contributed by atoms with Gasteiger partial charge in [-0.3, -0.25) is 9.63 Å². The lowest BCUT2D eigenvalue weighted by Crippen LogP contribution is -2.26. The molecule has 2 unspecified atom stereocenters. The molecule has 2 aromatic carbocycles.